The van der Waals surface area contributed by atoms with Crippen molar-refractivity contribution in [2.45, 2.75) is 11.8 Å². The van der Waals surface area contributed by atoms with Crippen LogP contribution in [0.4, 0.5) is 0 Å². The molecule has 0 bridgehead atoms. The molecule has 1 aromatic rings. The molecule has 78 valence electrons. The number of sulfonamides is 1. The molecule has 0 N–H and O–H groups in total. The van der Waals surface area contributed by atoms with Crippen LogP contribution in [0.5, 0.6) is 0 Å². The van der Waals surface area contributed by atoms with Crippen LogP contribution in [-0.2, 0) is 10.0 Å². The molecule has 0 saturated carbocycles. The molecule has 3 nitrogen and oxygen atoms in total. The Balaban J connectivity index is 3.35. The highest BCUT2D eigenvalue weighted by Gasteiger charge is 2.19. The molecule has 0 aliphatic heterocycles. The second-order valence-electron chi connectivity index (χ2n) is 3.22. The van der Waals surface area contributed by atoms with Crippen LogP contribution in [0, 0.1) is 6.92 Å². The van der Waals surface area contributed by atoms with Crippen molar-refractivity contribution >= 4 is 26.0 Å². The fourth-order valence-electron chi connectivity index (χ4n) is 1.01. The van der Waals surface area contributed by atoms with Gasteiger partial charge in [-0.1, -0.05) is 6.07 Å². The fraction of sp³-hybridized carbons (Fsp3) is 0.333. The lowest BCUT2D eigenvalue weighted by Crippen LogP contribution is -2.22. The number of rotatable bonds is 2. The smallest absolute Gasteiger partial charge is 0.207 e. The number of hydrogen-bond acceptors (Lipinski definition) is 2. The standard InChI is InChI=1S/C9H12BrNO2S/c1-7-4-5-9(8(10)6-7)14(12,13)11(2)3/h4-6H,1-3H3. The first-order valence-electron chi connectivity index (χ1n) is 4.04. The molecule has 0 aliphatic carbocycles. The van der Waals surface area contributed by atoms with E-state index in [1.165, 1.54) is 18.4 Å². The van der Waals surface area contributed by atoms with Crippen LogP contribution in [0.3, 0.4) is 0 Å². The Labute approximate surface area is 92.9 Å². The van der Waals surface area contributed by atoms with Gasteiger partial charge in [-0.25, -0.2) is 12.7 Å². The van der Waals surface area contributed by atoms with Gasteiger partial charge in [-0.15, -0.1) is 0 Å². The minimum Gasteiger partial charge on any atom is -0.207 e. The summed E-state index contributed by atoms with van der Waals surface area (Å²) in [5, 5.41) is 0. The summed E-state index contributed by atoms with van der Waals surface area (Å²) in [5.41, 5.74) is 1.02. The van der Waals surface area contributed by atoms with E-state index in [4.69, 9.17) is 0 Å². The van der Waals surface area contributed by atoms with E-state index in [-0.39, 0.29) is 0 Å². The van der Waals surface area contributed by atoms with Gasteiger partial charge in [-0.05, 0) is 40.5 Å². The summed E-state index contributed by atoms with van der Waals surface area (Å²) in [6.07, 6.45) is 0. The lowest BCUT2D eigenvalue weighted by molar-refractivity contribution is 0.520. The van der Waals surface area contributed by atoms with Gasteiger partial charge in [0.05, 0.1) is 4.90 Å². The van der Waals surface area contributed by atoms with Crippen LogP contribution in [0.1, 0.15) is 5.56 Å². The molecule has 0 spiro atoms. The van der Waals surface area contributed by atoms with Gasteiger partial charge < -0.3 is 0 Å². The van der Waals surface area contributed by atoms with Crippen LogP contribution in [0.25, 0.3) is 0 Å². The van der Waals surface area contributed by atoms with Crippen LogP contribution in [-0.4, -0.2) is 26.8 Å². The summed E-state index contributed by atoms with van der Waals surface area (Å²) in [6, 6.07) is 5.17. The number of nitrogens with zero attached hydrogens (tertiary/aromatic N) is 1. The third-order valence-corrected chi connectivity index (χ3v) is 4.64. The minimum absolute atomic E-state index is 0.299. The second kappa shape index (κ2) is 4.00. The average Bonchev–Trinajstić information content (AvgIpc) is 2.02. The molecule has 0 radical (unpaired) electrons. The van der Waals surface area contributed by atoms with E-state index in [2.05, 4.69) is 15.9 Å². The van der Waals surface area contributed by atoms with Gasteiger partial charge in [0, 0.05) is 18.6 Å². The summed E-state index contributed by atoms with van der Waals surface area (Å²) in [7, 11) is -0.307. The topological polar surface area (TPSA) is 37.4 Å². The Bertz CT molecular complexity index is 440. The molecule has 14 heavy (non-hydrogen) atoms. The molecule has 0 fully saturated rings. The van der Waals surface area contributed by atoms with Crippen molar-refractivity contribution in [3.05, 3.63) is 28.2 Å². The van der Waals surface area contributed by atoms with E-state index < -0.39 is 10.0 Å². The van der Waals surface area contributed by atoms with Crippen molar-refractivity contribution in [3.63, 3.8) is 0 Å². The summed E-state index contributed by atoms with van der Waals surface area (Å²) in [6.45, 7) is 1.91. The number of aryl methyl sites for hydroxylation is 1. The zero-order chi connectivity index (χ0) is 10.9. The highest BCUT2D eigenvalue weighted by atomic mass is 79.9. The molecule has 0 aromatic heterocycles. The zero-order valence-electron chi connectivity index (χ0n) is 8.28. The highest BCUT2D eigenvalue weighted by molar-refractivity contribution is 9.10. The molecule has 1 rings (SSSR count). The maximum atomic E-state index is 11.8. The van der Waals surface area contributed by atoms with Gasteiger partial charge in [0.2, 0.25) is 10.0 Å². The molecule has 0 saturated heterocycles. The van der Waals surface area contributed by atoms with Gasteiger partial charge in [-0.3, -0.25) is 0 Å². The fourth-order valence-corrected chi connectivity index (χ4v) is 3.06. The van der Waals surface area contributed by atoms with Crippen LogP contribution < -0.4 is 0 Å². The van der Waals surface area contributed by atoms with Crippen LogP contribution in [0.15, 0.2) is 27.6 Å². The Hall–Kier alpha value is -0.390. The average molecular weight is 278 g/mol. The first kappa shape index (κ1) is 11.7. The van der Waals surface area contributed by atoms with Crippen molar-refractivity contribution in [1.29, 1.82) is 0 Å². The molecule has 0 aliphatic rings. The predicted octanol–water partition coefficient (Wildman–Crippen LogP) is 2.01. The SMILES string of the molecule is Cc1ccc(S(=O)(=O)N(C)C)c(Br)c1. The van der Waals surface area contributed by atoms with Gasteiger partial charge in [-0.2, -0.15) is 0 Å². The quantitative estimate of drug-likeness (QED) is 0.829. The first-order chi connectivity index (χ1) is 6.35. The molecular weight excluding hydrogens is 266 g/mol. The monoisotopic (exact) mass is 277 g/mol. The molecule has 1 aromatic carbocycles. The van der Waals surface area contributed by atoms with Crippen molar-refractivity contribution in [3.8, 4) is 0 Å². The second-order valence-corrected chi connectivity index (χ2v) is 6.20. The van der Waals surface area contributed by atoms with E-state index in [0.29, 0.717) is 9.37 Å². The summed E-state index contributed by atoms with van der Waals surface area (Å²) < 4.78 is 25.3. The maximum Gasteiger partial charge on any atom is 0.243 e. The Morgan fingerprint density at radius 1 is 1.29 bits per heavy atom. The molecule has 0 atom stereocenters. The summed E-state index contributed by atoms with van der Waals surface area (Å²) in [4.78, 5) is 0.299. The largest absolute Gasteiger partial charge is 0.243 e. The number of benzene rings is 1. The van der Waals surface area contributed by atoms with E-state index in [0.717, 1.165) is 5.56 Å². The van der Waals surface area contributed by atoms with Gasteiger partial charge in [0.1, 0.15) is 0 Å². The molecule has 5 heteroatoms. The zero-order valence-corrected chi connectivity index (χ0v) is 10.7. The summed E-state index contributed by atoms with van der Waals surface area (Å²) >= 11 is 3.25. The highest BCUT2D eigenvalue weighted by Crippen LogP contribution is 2.24. The third-order valence-electron chi connectivity index (χ3n) is 1.85. The number of halogens is 1. The van der Waals surface area contributed by atoms with Gasteiger partial charge in [0.25, 0.3) is 0 Å². The van der Waals surface area contributed by atoms with Crippen molar-refractivity contribution in [1.82, 2.24) is 4.31 Å². The predicted molar refractivity (Wildman–Crippen MR) is 59.8 cm³/mol. The molecular formula is C9H12BrNO2S. The lowest BCUT2D eigenvalue weighted by Gasteiger charge is -2.12. The molecule has 0 amide bonds. The van der Waals surface area contributed by atoms with Crippen LogP contribution in [0.2, 0.25) is 0 Å². The number of hydrogen-bond donors (Lipinski definition) is 0. The van der Waals surface area contributed by atoms with E-state index in [9.17, 15) is 8.42 Å². The van der Waals surface area contributed by atoms with Gasteiger partial charge >= 0.3 is 0 Å². The lowest BCUT2D eigenvalue weighted by atomic mass is 10.2. The normalized spacial score (nSPS) is 12.1. The van der Waals surface area contributed by atoms with E-state index in [1.807, 2.05) is 6.92 Å². The van der Waals surface area contributed by atoms with Crippen molar-refractivity contribution in [2.24, 2.45) is 0 Å². The summed E-state index contributed by atoms with van der Waals surface area (Å²) in [5.74, 6) is 0. The van der Waals surface area contributed by atoms with E-state index in [1.54, 1.807) is 18.2 Å². The third kappa shape index (κ3) is 2.16. The Kier molecular flexibility index (Phi) is 3.34. The first-order valence-corrected chi connectivity index (χ1v) is 6.27. The Morgan fingerprint density at radius 3 is 2.29 bits per heavy atom. The Morgan fingerprint density at radius 2 is 1.86 bits per heavy atom. The van der Waals surface area contributed by atoms with Crippen molar-refractivity contribution in [2.75, 3.05) is 14.1 Å². The van der Waals surface area contributed by atoms with Crippen molar-refractivity contribution < 1.29 is 8.42 Å². The minimum atomic E-state index is -3.34. The maximum absolute atomic E-state index is 11.8. The van der Waals surface area contributed by atoms with Crippen LogP contribution >= 0.6 is 15.9 Å². The van der Waals surface area contributed by atoms with Gasteiger partial charge in [0.15, 0.2) is 0 Å². The molecule has 0 unspecified atom stereocenters. The molecule has 0 heterocycles. The van der Waals surface area contributed by atoms with E-state index >= 15 is 0 Å².